The van der Waals surface area contributed by atoms with Crippen molar-refractivity contribution < 1.29 is 5.48 Å². The second-order valence-corrected chi connectivity index (χ2v) is 2.72. The summed E-state index contributed by atoms with van der Waals surface area (Å²) in [5, 5.41) is 0. The molecule has 0 aliphatic heterocycles. The van der Waals surface area contributed by atoms with Crippen LogP contribution in [0.25, 0.3) is 11.3 Å². The van der Waals surface area contributed by atoms with Gasteiger partial charge in [-0.1, -0.05) is 36.4 Å². The summed E-state index contributed by atoms with van der Waals surface area (Å²) >= 11 is 0. The summed E-state index contributed by atoms with van der Waals surface area (Å²) in [6.07, 6.45) is 1.37. The molecule has 13 heavy (non-hydrogen) atoms. The molecule has 0 saturated heterocycles. The molecule has 1 nitrogen and oxygen atoms in total. The Bertz CT molecular complexity index is 500. The van der Waals surface area contributed by atoms with E-state index in [0.717, 1.165) is 5.56 Å². The van der Waals surface area contributed by atoms with Crippen molar-refractivity contribution in [3.05, 3.63) is 54.2 Å². The van der Waals surface area contributed by atoms with Crippen molar-refractivity contribution in [2.45, 2.75) is 6.85 Å². The first-order valence-corrected chi connectivity index (χ1v) is 4.00. The monoisotopic (exact) mass is 173 g/mol. The lowest BCUT2D eigenvalue weighted by Gasteiger charge is -1.99. The fourth-order valence-corrected chi connectivity index (χ4v) is 1.12. The van der Waals surface area contributed by atoms with Gasteiger partial charge in [-0.3, -0.25) is 4.98 Å². The summed E-state index contributed by atoms with van der Waals surface area (Å²) < 4.78 is 29.1. The molecule has 0 atom stereocenters. The lowest BCUT2D eigenvalue weighted by molar-refractivity contribution is 1.27. The van der Waals surface area contributed by atoms with Crippen molar-refractivity contribution in [2.24, 2.45) is 0 Å². The molecule has 0 saturated carbocycles. The maximum Gasteiger partial charge on any atom is 0.0702 e. The zero-order valence-corrected chi connectivity index (χ0v) is 6.99. The predicted octanol–water partition coefficient (Wildman–Crippen LogP) is 3.06. The quantitative estimate of drug-likeness (QED) is 0.646. The molecule has 0 radical (unpaired) electrons. The Hall–Kier alpha value is -1.63. The van der Waals surface area contributed by atoms with E-state index in [1.807, 2.05) is 0 Å². The molecule has 0 bridgehead atoms. The molecule has 1 heterocycles. The molecule has 0 aliphatic rings. The van der Waals surface area contributed by atoms with Crippen LogP contribution in [0.2, 0.25) is 0 Å². The lowest BCUT2D eigenvalue weighted by Crippen LogP contribution is -1.82. The van der Waals surface area contributed by atoms with E-state index in [1.165, 1.54) is 6.20 Å². The van der Waals surface area contributed by atoms with Gasteiger partial charge in [0.1, 0.15) is 0 Å². The van der Waals surface area contributed by atoms with Gasteiger partial charge in [0.2, 0.25) is 0 Å². The third-order valence-electron chi connectivity index (χ3n) is 1.78. The van der Waals surface area contributed by atoms with Crippen LogP contribution in [0, 0.1) is 6.85 Å². The van der Waals surface area contributed by atoms with Crippen molar-refractivity contribution in [2.75, 3.05) is 0 Å². The van der Waals surface area contributed by atoms with E-state index in [4.69, 9.17) is 5.48 Å². The van der Waals surface area contributed by atoms with Crippen LogP contribution in [0.5, 0.6) is 0 Å². The standard InChI is InChI=1S/C12H11N/c1-10-7-8-12(13-9-10)11-5-3-2-4-6-11/h2-9H,1H3/i1D3,2D. The SMILES string of the molecule is [2H]c1ccc(-c2ccc(C([2H])([2H])[2H])cn2)cc1. The topological polar surface area (TPSA) is 12.9 Å². The summed E-state index contributed by atoms with van der Waals surface area (Å²) in [4.78, 5) is 4.12. The minimum absolute atomic E-state index is 0.235. The van der Waals surface area contributed by atoms with Crippen LogP contribution in [0.1, 0.15) is 11.0 Å². The molecule has 0 aliphatic carbocycles. The minimum atomic E-state index is -2.11. The van der Waals surface area contributed by atoms with E-state index in [2.05, 4.69) is 4.98 Å². The van der Waals surface area contributed by atoms with Crippen molar-refractivity contribution in [3.63, 3.8) is 0 Å². The Morgan fingerprint density at radius 3 is 2.69 bits per heavy atom. The highest BCUT2D eigenvalue weighted by Gasteiger charge is 1.95. The maximum atomic E-state index is 7.38. The van der Waals surface area contributed by atoms with Gasteiger partial charge in [-0.2, -0.15) is 0 Å². The average molecular weight is 173 g/mol. The summed E-state index contributed by atoms with van der Waals surface area (Å²) in [5.41, 5.74) is 1.81. The Balaban J connectivity index is 2.33. The fourth-order valence-electron chi connectivity index (χ4n) is 1.12. The van der Waals surface area contributed by atoms with Gasteiger partial charge in [-0.05, 0) is 18.5 Å². The summed E-state index contributed by atoms with van der Waals surface area (Å²) in [5.74, 6) is 0. The number of benzene rings is 1. The molecule has 0 fully saturated rings. The van der Waals surface area contributed by atoms with Crippen LogP contribution in [0.15, 0.2) is 48.6 Å². The van der Waals surface area contributed by atoms with Crippen molar-refractivity contribution in [1.29, 1.82) is 0 Å². The van der Waals surface area contributed by atoms with Gasteiger partial charge in [-0.25, -0.2) is 0 Å². The molecule has 0 N–H and O–H groups in total. The van der Waals surface area contributed by atoms with E-state index in [1.54, 1.807) is 36.4 Å². The first-order valence-electron chi connectivity index (χ1n) is 6.00. The van der Waals surface area contributed by atoms with Gasteiger partial charge in [0.15, 0.2) is 0 Å². The Kier molecular flexibility index (Phi) is 1.19. The molecule has 1 heteroatoms. The zero-order chi connectivity index (χ0) is 12.5. The van der Waals surface area contributed by atoms with E-state index in [9.17, 15) is 0 Å². The van der Waals surface area contributed by atoms with E-state index >= 15 is 0 Å². The normalized spacial score (nSPS) is 15.4. The second-order valence-electron chi connectivity index (χ2n) is 2.72. The highest BCUT2D eigenvalue weighted by molar-refractivity contribution is 5.58. The fraction of sp³-hybridized carbons (Fsp3) is 0.0833. The summed E-state index contributed by atoms with van der Waals surface area (Å²) in [7, 11) is 0. The van der Waals surface area contributed by atoms with Crippen LogP contribution in [0.4, 0.5) is 0 Å². The molecular formula is C12H11N. The highest BCUT2D eigenvalue weighted by atomic mass is 14.7. The van der Waals surface area contributed by atoms with Crippen molar-refractivity contribution in [1.82, 2.24) is 4.98 Å². The van der Waals surface area contributed by atoms with Gasteiger partial charge in [0, 0.05) is 15.9 Å². The van der Waals surface area contributed by atoms with Crippen LogP contribution >= 0.6 is 0 Å². The smallest absolute Gasteiger partial charge is 0.0702 e. The number of aryl methyl sites for hydroxylation is 1. The Morgan fingerprint density at radius 1 is 1.23 bits per heavy atom. The Labute approximate surface area is 83.7 Å². The molecule has 64 valence electrons. The Morgan fingerprint density at radius 2 is 2.08 bits per heavy atom. The van der Waals surface area contributed by atoms with Gasteiger partial charge in [0.05, 0.1) is 7.06 Å². The number of rotatable bonds is 1. The first-order chi connectivity index (χ1) is 7.97. The largest absolute Gasteiger partial charge is 0.256 e. The molecular weight excluding hydrogens is 158 g/mol. The van der Waals surface area contributed by atoms with Gasteiger partial charge in [0.25, 0.3) is 0 Å². The summed E-state index contributed by atoms with van der Waals surface area (Å²) in [6.45, 7) is -2.11. The van der Waals surface area contributed by atoms with Gasteiger partial charge < -0.3 is 0 Å². The van der Waals surface area contributed by atoms with E-state index < -0.39 is 6.85 Å². The van der Waals surface area contributed by atoms with Crippen LogP contribution in [-0.2, 0) is 0 Å². The summed E-state index contributed by atoms with van der Waals surface area (Å²) in [6, 6.07) is 10.6. The maximum absolute atomic E-state index is 7.38. The van der Waals surface area contributed by atoms with Gasteiger partial charge >= 0.3 is 0 Å². The van der Waals surface area contributed by atoms with E-state index in [0.29, 0.717) is 11.7 Å². The van der Waals surface area contributed by atoms with Crippen LogP contribution in [0.3, 0.4) is 0 Å². The van der Waals surface area contributed by atoms with Crippen molar-refractivity contribution in [3.8, 4) is 11.3 Å². The molecule has 2 aromatic rings. The van der Waals surface area contributed by atoms with Crippen LogP contribution in [-0.4, -0.2) is 4.98 Å². The average Bonchev–Trinajstić information content (AvgIpc) is 2.29. The minimum Gasteiger partial charge on any atom is -0.256 e. The molecule has 0 spiro atoms. The number of pyridine rings is 1. The molecule has 0 amide bonds. The second kappa shape index (κ2) is 3.40. The number of aromatic nitrogens is 1. The van der Waals surface area contributed by atoms with E-state index in [-0.39, 0.29) is 5.56 Å². The highest BCUT2D eigenvalue weighted by Crippen LogP contribution is 2.15. The number of nitrogens with zero attached hydrogens (tertiary/aromatic N) is 1. The molecule has 1 aromatic carbocycles. The van der Waals surface area contributed by atoms with Gasteiger partial charge in [-0.15, -0.1) is 0 Å². The third kappa shape index (κ3) is 1.75. The molecule has 0 unspecified atom stereocenters. The van der Waals surface area contributed by atoms with Crippen LogP contribution < -0.4 is 0 Å². The van der Waals surface area contributed by atoms with Crippen molar-refractivity contribution >= 4 is 0 Å². The lowest BCUT2D eigenvalue weighted by atomic mass is 10.1. The molecule has 2 rings (SSSR count). The number of hydrogen-bond donors (Lipinski definition) is 0. The first kappa shape index (κ1) is 4.56. The number of hydrogen-bond acceptors (Lipinski definition) is 1. The third-order valence-corrected chi connectivity index (χ3v) is 1.78. The predicted molar refractivity (Wildman–Crippen MR) is 54.4 cm³/mol. The molecule has 1 aromatic heterocycles. The zero-order valence-electron chi connectivity index (χ0n) is 11.0.